The van der Waals surface area contributed by atoms with Gasteiger partial charge in [0.15, 0.2) is 0 Å². The molecule has 0 amide bonds. The lowest BCUT2D eigenvalue weighted by Gasteiger charge is -2.03. The molecule has 0 unspecified atom stereocenters. The molecule has 0 fully saturated rings. The summed E-state index contributed by atoms with van der Waals surface area (Å²) >= 11 is 0. The van der Waals surface area contributed by atoms with Crippen molar-refractivity contribution in [2.75, 3.05) is 25.4 Å². The molecule has 0 saturated carbocycles. The quantitative estimate of drug-likeness (QED) is 0.152. The van der Waals surface area contributed by atoms with Crippen molar-refractivity contribution in [3.63, 3.8) is 0 Å². The third-order valence-electron chi connectivity index (χ3n) is 3.22. The van der Waals surface area contributed by atoms with Gasteiger partial charge in [0.25, 0.3) is 0 Å². The van der Waals surface area contributed by atoms with Gasteiger partial charge in [-0.1, -0.05) is 24.3 Å². The van der Waals surface area contributed by atoms with E-state index < -0.39 is 15.2 Å². The summed E-state index contributed by atoms with van der Waals surface area (Å²) in [6.45, 7) is 4.42. The predicted molar refractivity (Wildman–Crippen MR) is 116 cm³/mol. The first-order valence-electron chi connectivity index (χ1n) is 8.84. The van der Waals surface area contributed by atoms with Crippen LogP contribution in [0.4, 0.5) is 0 Å². The SMILES string of the molecule is C\C=C/C(=C/C=NCCCP(=O)(O)O)C(/C=C\C)=C/C=NCCCP(=O)(O)O. The molecule has 0 aromatic carbocycles. The highest BCUT2D eigenvalue weighted by Gasteiger charge is 2.11. The van der Waals surface area contributed by atoms with Crippen molar-refractivity contribution in [1.29, 1.82) is 0 Å². The van der Waals surface area contributed by atoms with Crippen molar-refractivity contribution >= 4 is 27.6 Å². The zero-order valence-corrected chi connectivity index (χ0v) is 18.0. The minimum absolute atomic E-state index is 0.183. The topological polar surface area (TPSA) is 140 Å². The van der Waals surface area contributed by atoms with Crippen LogP contribution in [0.2, 0.25) is 0 Å². The standard InChI is InChI=1S/C18H30N2O6P2/c1-3-7-17(9-13-19-11-5-15-27(21,22)23)18(8-4-2)10-14-20-12-6-16-28(24,25)26/h3-4,7-10,13-14H,5-6,11-12,15-16H2,1-2H3,(H2,21,22,23)(H2,24,25,26)/b7-3-,8-4-,17-9-,18-10+,19-13?,20-14?. The molecule has 28 heavy (non-hydrogen) atoms. The lowest BCUT2D eigenvalue weighted by atomic mass is 10.0. The molecule has 0 heterocycles. The average Bonchev–Trinajstić information content (AvgIpc) is 2.57. The fraction of sp³-hybridized carbons (Fsp3) is 0.444. The van der Waals surface area contributed by atoms with E-state index in [-0.39, 0.29) is 12.3 Å². The Morgan fingerprint density at radius 1 is 0.750 bits per heavy atom. The molecule has 4 N–H and O–H groups in total. The van der Waals surface area contributed by atoms with Gasteiger partial charge >= 0.3 is 15.2 Å². The molecule has 0 spiro atoms. The molecule has 0 aliphatic carbocycles. The monoisotopic (exact) mass is 432 g/mol. The van der Waals surface area contributed by atoms with Gasteiger partial charge in [0, 0.05) is 25.5 Å². The summed E-state index contributed by atoms with van der Waals surface area (Å²) in [6, 6.07) is 0. The summed E-state index contributed by atoms with van der Waals surface area (Å²) in [5, 5.41) is 0. The van der Waals surface area contributed by atoms with Crippen molar-refractivity contribution in [3.05, 3.63) is 47.6 Å². The number of hydrogen-bond acceptors (Lipinski definition) is 4. The highest BCUT2D eigenvalue weighted by atomic mass is 31.2. The van der Waals surface area contributed by atoms with Crippen molar-refractivity contribution in [1.82, 2.24) is 0 Å². The first-order chi connectivity index (χ1) is 13.1. The lowest BCUT2D eigenvalue weighted by molar-refractivity contribution is 0.370. The number of rotatable bonds is 13. The van der Waals surface area contributed by atoms with Gasteiger partial charge in [-0.3, -0.25) is 19.1 Å². The van der Waals surface area contributed by atoms with Gasteiger partial charge in [-0.25, -0.2) is 0 Å². The second-order valence-electron chi connectivity index (χ2n) is 5.84. The van der Waals surface area contributed by atoms with Crippen molar-refractivity contribution in [2.45, 2.75) is 26.7 Å². The van der Waals surface area contributed by atoms with Gasteiger partial charge in [-0.2, -0.15) is 0 Å². The molecule has 0 aromatic rings. The van der Waals surface area contributed by atoms with Gasteiger partial charge in [0.05, 0.1) is 12.3 Å². The van der Waals surface area contributed by atoms with Crippen LogP contribution in [0, 0.1) is 0 Å². The molecule has 10 heteroatoms. The minimum atomic E-state index is -3.98. The lowest BCUT2D eigenvalue weighted by Crippen LogP contribution is -1.92. The Labute approximate surface area is 166 Å². The largest absolute Gasteiger partial charge is 0.325 e. The van der Waals surface area contributed by atoms with Crippen LogP contribution in [-0.2, 0) is 9.13 Å². The fourth-order valence-corrected chi connectivity index (χ4v) is 3.11. The van der Waals surface area contributed by atoms with E-state index in [1.807, 2.05) is 38.2 Å². The predicted octanol–water partition coefficient (Wildman–Crippen LogP) is 3.27. The number of nitrogens with zero attached hydrogens (tertiary/aromatic N) is 2. The Morgan fingerprint density at radius 2 is 1.11 bits per heavy atom. The van der Waals surface area contributed by atoms with Gasteiger partial charge in [-0.15, -0.1) is 0 Å². The maximum absolute atomic E-state index is 10.8. The van der Waals surface area contributed by atoms with Crippen LogP contribution in [0.5, 0.6) is 0 Å². The van der Waals surface area contributed by atoms with Crippen LogP contribution in [0.1, 0.15) is 26.7 Å². The summed E-state index contributed by atoms with van der Waals surface area (Å²) in [5.41, 5.74) is 1.75. The van der Waals surface area contributed by atoms with E-state index >= 15 is 0 Å². The Kier molecular flexibility index (Phi) is 13.8. The molecule has 0 aliphatic heterocycles. The van der Waals surface area contributed by atoms with Crippen LogP contribution >= 0.6 is 15.2 Å². The van der Waals surface area contributed by atoms with E-state index in [0.717, 1.165) is 11.1 Å². The normalized spacial score (nSPS) is 15.1. The molecule has 0 aromatic heterocycles. The van der Waals surface area contributed by atoms with Crippen LogP contribution in [0.15, 0.2) is 57.6 Å². The van der Waals surface area contributed by atoms with E-state index in [1.165, 1.54) is 0 Å². The summed E-state index contributed by atoms with van der Waals surface area (Å²) in [7, 11) is -7.95. The van der Waals surface area contributed by atoms with E-state index in [0.29, 0.717) is 25.9 Å². The zero-order valence-electron chi connectivity index (χ0n) is 16.3. The maximum Gasteiger partial charge on any atom is 0.325 e. The molecule has 0 saturated heterocycles. The average molecular weight is 432 g/mol. The maximum atomic E-state index is 10.8. The molecular weight excluding hydrogens is 402 g/mol. The Morgan fingerprint density at radius 3 is 1.39 bits per heavy atom. The summed E-state index contributed by atoms with van der Waals surface area (Å²) < 4.78 is 21.6. The van der Waals surface area contributed by atoms with E-state index in [2.05, 4.69) is 9.98 Å². The first-order valence-corrected chi connectivity index (χ1v) is 12.4. The minimum Gasteiger partial charge on any atom is -0.324 e. The van der Waals surface area contributed by atoms with Crippen LogP contribution < -0.4 is 0 Å². The third-order valence-corrected chi connectivity index (χ3v) is 5.02. The molecule has 158 valence electrons. The number of allylic oxidation sites excluding steroid dienone is 8. The molecule has 8 nitrogen and oxygen atoms in total. The number of hydrogen-bond donors (Lipinski definition) is 4. The van der Waals surface area contributed by atoms with Crippen molar-refractivity contribution < 1.29 is 28.7 Å². The zero-order chi connectivity index (χ0) is 21.5. The smallest absolute Gasteiger partial charge is 0.324 e. The van der Waals surface area contributed by atoms with Gasteiger partial charge in [0.1, 0.15) is 0 Å². The van der Waals surface area contributed by atoms with Gasteiger partial charge < -0.3 is 19.6 Å². The molecule has 0 aliphatic rings. The van der Waals surface area contributed by atoms with E-state index in [4.69, 9.17) is 19.6 Å². The van der Waals surface area contributed by atoms with Gasteiger partial charge in [0.2, 0.25) is 0 Å². The highest BCUT2D eigenvalue weighted by Crippen LogP contribution is 2.35. The van der Waals surface area contributed by atoms with Crippen LogP contribution in [0.25, 0.3) is 0 Å². The molecule has 0 bridgehead atoms. The molecule has 0 radical (unpaired) electrons. The summed E-state index contributed by atoms with van der Waals surface area (Å²) in [6.07, 6.45) is 14.6. The summed E-state index contributed by atoms with van der Waals surface area (Å²) in [5.74, 6) is 0. The second-order valence-corrected chi connectivity index (χ2v) is 9.39. The highest BCUT2D eigenvalue weighted by molar-refractivity contribution is 7.52. The van der Waals surface area contributed by atoms with E-state index in [9.17, 15) is 9.13 Å². The van der Waals surface area contributed by atoms with Gasteiger partial charge in [-0.05, 0) is 50.0 Å². The van der Waals surface area contributed by atoms with E-state index in [1.54, 1.807) is 24.6 Å². The van der Waals surface area contributed by atoms with Crippen LogP contribution in [0.3, 0.4) is 0 Å². The summed E-state index contributed by atoms with van der Waals surface area (Å²) in [4.78, 5) is 43.5. The Balaban J connectivity index is 4.96. The Hall–Kier alpha value is -1.40. The molecule has 0 rings (SSSR count). The second kappa shape index (κ2) is 14.6. The number of aliphatic imine (C=N–C) groups is 2. The first kappa shape index (κ1) is 26.6. The Bertz CT molecular complexity index is 664. The fourth-order valence-electron chi connectivity index (χ4n) is 2.01. The molecule has 0 atom stereocenters. The molecular formula is C18H30N2O6P2. The van der Waals surface area contributed by atoms with Crippen molar-refractivity contribution in [3.8, 4) is 0 Å². The van der Waals surface area contributed by atoms with Crippen molar-refractivity contribution in [2.24, 2.45) is 9.98 Å². The third kappa shape index (κ3) is 16.8. The van der Waals surface area contributed by atoms with Crippen LogP contribution in [-0.4, -0.2) is 57.4 Å².